The van der Waals surface area contributed by atoms with Crippen LogP contribution >= 0.6 is 23.2 Å². The Morgan fingerprint density at radius 1 is 1.50 bits per heavy atom. The molecule has 0 bridgehead atoms. The molecule has 5 nitrogen and oxygen atoms in total. The van der Waals surface area contributed by atoms with Gasteiger partial charge in [0.1, 0.15) is 7.11 Å². The molecule has 0 saturated heterocycles. The lowest BCUT2D eigenvalue weighted by Gasteiger charge is -2.14. The summed E-state index contributed by atoms with van der Waals surface area (Å²) in [5, 5.41) is 11.6. The van der Waals surface area contributed by atoms with E-state index >= 15 is 0 Å². The first-order chi connectivity index (χ1) is 6.36. The standard InChI is InChI=1S/C7H9Cl2NO4/c1-3-7(8,9)5(11)4(6(12)13)10-14-2/h3H2,1-2H3,(H,12,13). The summed E-state index contributed by atoms with van der Waals surface area (Å²) in [7, 11) is 1.12. The fourth-order valence-corrected chi connectivity index (χ4v) is 0.782. The van der Waals surface area contributed by atoms with E-state index in [0.717, 1.165) is 7.11 Å². The van der Waals surface area contributed by atoms with Crippen molar-refractivity contribution in [1.82, 2.24) is 0 Å². The number of hydrogen-bond acceptors (Lipinski definition) is 4. The second-order valence-electron chi connectivity index (χ2n) is 2.31. The number of rotatable bonds is 5. The monoisotopic (exact) mass is 241 g/mol. The number of oxime groups is 1. The first-order valence-corrected chi connectivity index (χ1v) is 4.39. The molecule has 0 aliphatic carbocycles. The van der Waals surface area contributed by atoms with E-state index in [9.17, 15) is 9.59 Å². The number of carboxylic acids is 1. The van der Waals surface area contributed by atoms with Gasteiger partial charge in [-0.1, -0.05) is 35.3 Å². The summed E-state index contributed by atoms with van der Waals surface area (Å²) in [5.74, 6) is -2.52. The largest absolute Gasteiger partial charge is 0.476 e. The van der Waals surface area contributed by atoms with Crippen molar-refractivity contribution in [3.63, 3.8) is 0 Å². The molecule has 0 aromatic heterocycles. The van der Waals surface area contributed by atoms with Gasteiger partial charge in [0, 0.05) is 0 Å². The first-order valence-electron chi connectivity index (χ1n) is 3.63. The third-order valence-electron chi connectivity index (χ3n) is 1.38. The second kappa shape index (κ2) is 5.17. The van der Waals surface area contributed by atoms with Crippen molar-refractivity contribution in [3.8, 4) is 0 Å². The summed E-state index contributed by atoms with van der Waals surface area (Å²) in [6.07, 6.45) is 0.0744. The maximum atomic E-state index is 11.4. The van der Waals surface area contributed by atoms with Crippen LogP contribution in [0.15, 0.2) is 5.16 Å². The van der Waals surface area contributed by atoms with E-state index in [1.54, 1.807) is 6.92 Å². The molecule has 0 amide bonds. The number of hydrogen-bond donors (Lipinski definition) is 1. The molecule has 14 heavy (non-hydrogen) atoms. The number of nitrogens with zero attached hydrogens (tertiary/aromatic N) is 1. The molecular formula is C7H9Cl2NO4. The van der Waals surface area contributed by atoms with E-state index in [4.69, 9.17) is 28.3 Å². The van der Waals surface area contributed by atoms with E-state index in [-0.39, 0.29) is 6.42 Å². The quantitative estimate of drug-likeness (QED) is 0.340. The minimum absolute atomic E-state index is 0.0744. The highest BCUT2D eigenvalue weighted by Gasteiger charge is 2.38. The third-order valence-corrected chi connectivity index (χ3v) is 2.25. The van der Waals surface area contributed by atoms with Crippen molar-refractivity contribution in [2.24, 2.45) is 5.16 Å². The molecule has 0 aromatic rings. The van der Waals surface area contributed by atoms with E-state index in [1.165, 1.54) is 0 Å². The van der Waals surface area contributed by atoms with Gasteiger partial charge in [-0.15, -0.1) is 0 Å². The van der Waals surface area contributed by atoms with Crippen LogP contribution in [0.1, 0.15) is 13.3 Å². The normalized spacial score (nSPS) is 12.4. The SMILES string of the molecule is CCC(Cl)(Cl)C(=O)C(=NOC)C(=O)O. The van der Waals surface area contributed by atoms with Crippen LogP contribution in [0.4, 0.5) is 0 Å². The van der Waals surface area contributed by atoms with Gasteiger partial charge in [0.25, 0.3) is 0 Å². The van der Waals surface area contributed by atoms with Gasteiger partial charge in [-0.2, -0.15) is 0 Å². The highest BCUT2D eigenvalue weighted by Crippen LogP contribution is 2.26. The topological polar surface area (TPSA) is 76.0 Å². The summed E-state index contributed by atoms with van der Waals surface area (Å²) in [4.78, 5) is 26.1. The number of ketones is 1. The van der Waals surface area contributed by atoms with Crippen LogP contribution in [-0.2, 0) is 14.4 Å². The smallest absolute Gasteiger partial charge is 0.361 e. The molecule has 0 aliphatic heterocycles. The minimum Gasteiger partial charge on any atom is -0.476 e. The Balaban J connectivity index is 4.98. The predicted octanol–water partition coefficient (Wildman–Crippen LogP) is 1.23. The first kappa shape index (κ1) is 13.2. The van der Waals surface area contributed by atoms with E-state index in [0.29, 0.717) is 0 Å². The maximum absolute atomic E-state index is 11.4. The Bertz CT molecular complexity index is 275. The van der Waals surface area contributed by atoms with Crippen LogP contribution < -0.4 is 0 Å². The number of alkyl halides is 2. The third kappa shape index (κ3) is 3.16. The van der Waals surface area contributed by atoms with Crippen LogP contribution in [0, 0.1) is 0 Å². The van der Waals surface area contributed by atoms with Gasteiger partial charge in [0.2, 0.25) is 11.5 Å². The van der Waals surface area contributed by atoms with E-state index < -0.39 is 21.8 Å². The maximum Gasteiger partial charge on any atom is 0.361 e. The molecule has 0 aromatic carbocycles. The van der Waals surface area contributed by atoms with E-state index in [1.807, 2.05) is 0 Å². The molecule has 0 heterocycles. The molecule has 0 aliphatic rings. The fourth-order valence-electron chi connectivity index (χ4n) is 0.603. The Morgan fingerprint density at radius 2 is 2.00 bits per heavy atom. The molecule has 0 unspecified atom stereocenters. The van der Waals surface area contributed by atoms with Crippen molar-refractivity contribution in [1.29, 1.82) is 0 Å². The molecule has 7 heteroatoms. The number of aliphatic carboxylic acids is 1. The molecule has 0 saturated carbocycles. The molecular weight excluding hydrogens is 233 g/mol. The van der Waals surface area contributed by atoms with Gasteiger partial charge in [-0.3, -0.25) is 4.79 Å². The minimum atomic E-state index is -1.78. The zero-order chi connectivity index (χ0) is 11.4. The molecule has 0 atom stereocenters. The highest BCUT2D eigenvalue weighted by atomic mass is 35.5. The van der Waals surface area contributed by atoms with Crippen LogP contribution in [0.3, 0.4) is 0 Å². The Hall–Kier alpha value is -0.810. The van der Waals surface area contributed by atoms with Gasteiger partial charge in [-0.25, -0.2) is 4.79 Å². The summed E-state index contributed by atoms with van der Waals surface area (Å²) in [5.41, 5.74) is -0.820. The lowest BCUT2D eigenvalue weighted by Crippen LogP contribution is -2.37. The number of carbonyl (C=O) groups is 2. The molecule has 0 radical (unpaired) electrons. The predicted molar refractivity (Wildman–Crippen MR) is 51.8 cm³/mol. The second-order valence-corrected chi connectivity index (χ2v) is 3.80. The van der Waals surface area contributed by atoms with Crippen molar-refractivity contribution >= 4 is 40.7 Å². The van der Waals surface area contributed by atoms with Crippen molar-refractivity contribution in [2.45, 2.75) is 17.7 Å². The van der Waals surface area contributed by atoms with Gasteiger partial charge < -0.3 is 9.94 Å². The Morgan fingerprint density at radius 3 is 2.29 bits per heavy atom. The van der Waals surface area contributed by atoms with Gasteiger partial charge in [-0.05, 0) is 6.42 Å². The van der Waals surface area contributed by atoms with Crippen LogP contribution in [0.5, 0.6) is 0 Å². The highest BCUT2D eigenvalue weighted by molar-refractivity contribution is 6.76. The molecule has 0 rings (SSSR count). The molecule has 0 spiro atoms. The van der Waals surface area contributed by atoms with Crippen LogP contribution in [0.25, 0.3) is 0 Å². The van der Waals surface area contributed by atoms with Crippen molar-refractivity contribution in [3.05, 3.63) is 0 Å². The van der Waals surface area contributed by atoms with Crippen molar-refractivity contribution < 1.29 is 19.5 Å². The Kier molecular flexibility index (Phi) is 4.87. The number of carboxylic acid groups (broad SMARTS) is 1. The summed E-state index contributed by atoms with van der Waals surface area (Å²) < 4.78 is -1.78. The number of Topliss-reactive ketones (excluding diaryl/α,β-unsaturated/α-hetero) is 1. The Labute approximate surface area is 90.6 Å². The zero-order valence-corrected chi connectivity index (χ0v) is 9.09. The average molecular weight is 242 g/mol. The average Bonchev–Trinajstić information content (AvgIpc) is 2.12. The number of halogens is 2. The van der Waals surface area contributed by atoms with E-state index in [2.05, 4.69) is 9.99 Å². The summed E-state index contributed by atoms with van der Waals surface area (Å²) >= 11 is 11.1. The molecule has 80 valence electrons. The summed E-state index contributed by atoms with van der Waals surface area (Å²) in [6, 6.07) is 0. The van der Waals surface area contributed by atoms with Crippen molar-refractivity contribution in [2.75, 3.05) is 7.11 Å². The summed E-state index contributed by atoms with van der Waals surface area (Å²) in [6.45, 7) is 1.55. The fraction of sp³-hybridized carbons (Fsp3) is 0.571. The lowest BCUT2D eigenvalue weighted by atomic mass is 10.1. The van der Waals surface area contributed by atoms with Gasteiger partial charge in [0.15, 0.2) is 4.33 Å². The van der Waals surface area contributed by atoms with Gasteiger partial charge in [0.05, 0.1) is 0 Å². The number of carbonyl (C=O) groups excluding carboxylic acids is 1. The molecule has 0 fully saturated rings. The molecule has 1 N–H and O–H groups in total. The van der Waals surface area contributed by atoms with Crippen LogP contribution in [-0.4, -0.2) is 34.0 Å². The van der Waals surface area contributed by atoms with Gasteiger partial charge >= 0.3 is 5.97 Å². The van der Waals surface area contributed by atoms with Crippen LogP contribution in [0.2, 0.25) is 0 Å². The lowest BCUT2D eigenvalue weighted by molar-refractivity contribution is -0.130. The zero-order valence-electron chi connectivity index (χ0n) is 7.58.